The first-order valence-corrected chi connectivity index (χ1v) is 10.0. The van der Waals surface area contributed by atoms with Crippen molar-refractivity contribution in [2.75, 3.05) is 43.5 Å². The molecule has 0 saturated carbocycles. The van der Waals surface area contributed by atoms with E-state index < -0.39 is 0 Å². The molecule has 28 heavy (non-hydrogen) atoms. The second kappa shape index (κ2) is 7.25. The highest BCUT2D eigenvalue weighted by Gasteiger charge is 2.21. The standard InChI is InChI=1S/C19H19N7OS/c20-19-22-10-13(11-23-19)17-24-14-9-15(12-1-3-21-4-2-12)28-16(14)18(25-17)26-5-7-27-8-6-26/h1,3,9-11H,2,4-8H2,(H2,20,22,23). The third-order valence-electron chi connectivity index (χ3n) is 4.80. The van der Waals surface area contributed by atoms with Crippen molar-refractivity contribution in [1.29, 1.82) is 0 Å². The van der Waals surface area contributed by atoms with Crippen molar-refractivity contribution in [3.05, 3.63) is 29.4 Å². The monoisotopic (exact) mass is 393 g/mol. The number of aromatic nitrogens is 4. The van der Waals surface area contributed by atoms with Crippen LogP contribution in [0.1, 0.15) is 11.3 Å². The molecule has 2 aliphatic heterocycles. The Bertz CT molecular complexity index is 1070. The lowest BCUT2D eigenvalue weighted by molar-refractivity contribution is 0.122. The minimum atomic E-state index is 0.238. The Morgan fingerprint density at radius 3 is 2.68 bits per heavy atom. The largest absolute Gasteiger partial charge is 0.378 e. The predicted octanol–water partition coefficient (Wildman–Crippen LogP) is 2.43. The summed E-state index contributed by atoms with van der Waals surface area (Å²) in [5, 5.41) is 0. The zero-order valence-corrected chi connectivity index (χ0v) is 16.0. The molecule has 3 aromatic heterocycles. The summed E-state index contributed by atoms with van der Waals surface area (Å²) in [7, 11) is 0. The summed E-state index contributed by atoms with van der Waals surface area (Å²) >= 11 is 1.74. The Morgan fingerprint density at radius 2 is 1.93 bits per heavy atom. The van der Waals surface area contributed by atoms with Crippen molar-refractivity contribution < 1.29 is 4.74 Å². The number of hydrogen-bond donors (Lipinski definition) is 1. The molecular weight excluding hydrogens is 374 g/mol. The van der Waals surface area contributed by atoms with E-state index in [0.29, 0.717) is 19.0 Å². The number of aliphatic imine (C=N–C) groups is 1. The fourth-order valence-electron chi connectivity index (χ4n) is 3.34. The van der Waals surface area contributed by atoms with Crippen molar-refractivity contribution >= 4 is 45.1 Å². The molecule has 1 saturated heterocycles. The minimum absolute atomic E-state index is 0.238. The molecule has 0 amide bonds. The second-order valence-electron chi connectivity index (χ2n) is 6.62. The number of ether oxygens (including phenoxy) is 1. The molecule has 3 aromatic rings. The lowest BCUT2D eigenvalue weighted by atomic mass is 10.1. The van der Waals surface area contributed by atoms with Gasteiger partial charge in [0.05, 0.1) is 29.0 Å². The zero-order valence-electron chi connectivity index (χ0n) is 15.2. The van der Waals surface area contributed by atoms with E-state index in [1.807, 2.05) is 6.21 Å². The molecule has 0 bridgehead atoms. The maximum atomic E-state index is 5.63. The van der Waals surface area contributed by atoms with E-state index in [1.165, 1.54) is 10.5 Å². The topological polar surface area (TPSA) is 102 Å². The number of thiophene rings is 1. The van der Waals surface area contributed by atoms with Gasteiger partial charge in [-0.15, -0.1) is 11.3 Å². The van der Waals surface area contributed by atoms with Crippen LogP contribution >= 0.6 is 11.3 Å². The van der Waals surface area contributed by atoms with Crippen LogP contribution in [0.3, 0.4) is 0 Å². The molecule has 0 aromatic carbocycles. The van der Waals surface area contributed by atoms with Gasteiger partial charge in [0.1, 0.15) is 0 Å². The van der Waals surface area contributed by atoms with Crippen LogP contribution in [0.5, 0.6) is 0 Å². The number of morpholine rings is 1. The number of nitrogen functional groups attached to an aromatic ring is 1. The average molecular weight is 393 g/mol. The van der Waals surface area contributed by atoms with Gasteiger partial charge < -0.3 is 15.4 Å². The highest BCUT2D eigenvalue weighted by Crippen LogP contribution is 2.38. The minimum Gasteiger partial charge on any atom is -0.378 e. The Hall–Kier alpha value is -2.91. The van der Waals surface area contributed by atoms with E-state index in [1.54, 1.807) is 23.7 Å². The number of nitrogens with zero attached hydrogens (tertiary/aromatic N) is 6. The average Bonchev–Trinajstić information content (AvgIpc) is 3.19. The van der Waals surface area contributed by atoms with Crippen LogP contribution in [-0.2, 0) is 4.74 Å². The lowest BCUT2D eigenvalue weighted by Crippen LogP contribution is -2.36. The smallest absolute Gasteiger partial charge is 0.219 e. The summed E-state index contributed by atoms with van der Waals surface area (Å²) in [6.07, 6.45) is 8.25. The first kappa shape index (κ1) is 17.2. The molecule has 9 heteroatoms. The Labute approximate surface area is 165 Å². The molecule has 2 N–H and O–H groups in total. The van der Waals surface area contributed by atoms with Crippen molar-refractivity contribution in [3.8, 4) is 11.4 Å². The first-order valence-electron chi connectivity index (χ1n) is 9.19. The van der Waals surface area contributed by atoms with Crippen LogP contribution in [0.4, 0.5) is 11.8 Å². The molecule has 0 atom stereocenters. The van der Waals surface area contributed by atoms with Crippen molar-refractivity contribution in [2.24, 2.45) is 4.99 Å². The van der Waals surface area contributed by atoms with Crippen LogP contribution < -0.4 is 10.6 Å². The van der Waals surface area contributed by atoms with Gasteiger partial charge in [-0.25, -0.2) is 19.9 Å². The number of allylic oxidation sites excluding steroid dienone is 1. The fraction of sp³-hybridized carbons (Fsp3) is 0.316. The van der Waals surface area contributed by atoms with Crippen molar-refractivity contribution in [1.82, 2.24) is 19.9 Å². The summed E-state index contributed by atoms with van der Waals surface area (Å²) in [5.74, 6) is 1.79. The quantitative estimate of drug-likeness (QED) is 0.729. The fourth-order valence-corrected chi connectivity index (χ4v) is 4.50. The molecule has 5 rings (SSSR count). The van der Waals surface area contributed by atoms with Gasteiger partial charge >= 0.3 is 0 Å². The third-order valence-corrected chi connectivity index (χ3v) is 6.00. The van der Waals surface area contributed by atoms with Crippen LogP contribution in [0.25, 0.3) is 27.2 Å². The van der Waals surface area contributed by atoms with Gasteiger partial charge in [0.2, 0.25) is 5.95 Å². The number of dihydropyridines is 1. The molecule has 0 unspecified atom stereocenters. The molecule has 0 radical (unpaired) electrons. The second-order valence-corrected chi connectivity index (χ2v) is 7.67. The van der Waals surface area contributed by atoms with Crippen LogP contribution in [0, 0.1) is 0 Å². The molecule has 8 nitrogen and oxygen atoms in total. The van der Waals surface area contributed by atoms with Crippen molar-refractivity contribution in [3.63, 3.8) is 0 Å². The maximum absolute atomic E-state index is 5.63. The highest BCUT2D eigenvalue weighted by atomic mass is 32.1. The number of hydrogen-bond acceptors (Lipinski definition) is 9. The summed E-state index contributed by atoms with van der Waals surface area (Å²) < 4.78 is 6.62. The highest BCUT2D eigenvalue weighted by molar-refractivity contribution is 7.20. The SMILES string of the molecule is Nc1ncc(-c2nc(N3CCOCC3)c3sc(C4=CC=NCC4)cc3n2)cn1. The summed E-state index contributed by atoms with van der Waals surface area (Å²) in [5.41, 5.74) is 8.61. The molecular formula is C19H19N7OS. The summed E-state index contributed by atoms with van der Waals surface area (Å²) in [6.45, 7) is 3.85. The van der Waals surface area contributed by atoms with Gasteiger partial charge in [0.25, 0.3) is 0 Å². The molecule has 2 aliphatic rings. The van der Waals surface area contributed by atoms with E-state index in [9.17, 15) is 0 Å². The maximum Gasteiger partial charge on any atom is 0.219 e. The Kier molecular flexibility index (Phi) is 4.46. The number of anilines is 2. The van der Waals surface area contributed by atoms with E-state index in [2.05, 4.69) is 32.0 Å². The van der Waals surface area contributed by atoms with Gasteiger partial charge in [-0.2, -0.15) is 0 Å². The Morgan fingerprint density at radius 1 is 1.11 bits per heavy atom. The predicted molar refractivity (Wildman–Crippen MR) is 112 cm³/mol. The van der Waals surface area contributed by atoms with Crippen LogP contribution in [0.2, 0.25) is 0 Å². The van der Waals surface area contributed by atoms with E-state index >= 15 is 0 Å². The molecule has 1 fully saturated rings. The number of nitrogens with two attached hydrogens (primary N) is 1. The van der Waals surface area contributed by atoms with Crippen LogP contribution in [0.15, 0.2) is 29.5 Å². The van der Waals surface area contributed by atoms with Crippen LogP contribution in [-0.4, -0.2) is 59.0 Å². The number of rotatable bonds is 3. The third kappa shape index (κ3) is 3.23. The van der Waals surface area contributed by atoms with Gasteiger partial charge in [-0.1, -0.05) is 0 Å². The normalized spacial score (nSPS) is 17.1. The molecule has 0 aliphatic carbocycles. The van der Waals surface area contributed by atoms with Gasteiger partial charge in [0.15, 0.2) is 11.6 Å². The molecule has 0 spiro atoms. The van der Waals surface area contributed by atoms with E-state index in [-0.39, 0.29) is 5.95 Å². The number of fused-ring (bicyclic) bond motifs is 1. The van der Waals surface area contributed by atoms with Crippen molar-refractivity contribution in [2.45, 2.75) is 6.42 Å². The summed E-state index contributed by atoms with van der Waals surface area (Å²) in [4.78, 5) is 25.6. The van der Waals surface area contributed by atoms with Gasteiger partial charge in [0, 0.05) is 43.1 Å². The van der Waals surface area contributed by atoms with Gasteiger partial charge in [-0.3, -0.25) is 4.99 Å². The molecule has 142 valence electrons. The lowest BCUT2D eigenvalue weighted by Gasteiger charge is -2.28. The zero-order chi connectivity index (χ0) is 18.9. The molecule has 5 heterocycles. The summed E-state index contributed by atoms with van der Waals surface area (Å²) in [6, 6.07) is 2.15. The Balaban J connectivity index is 1.66. The first-order chi connectivity index (χ1) is 13.8. The van der Waals surface area contributed by atoms with E-state index in [0.717, 1.165) is 47.7 Å². The van der Waals surface area contributed by atoms with E-state index in [4.69, 9.17) is 20.4 Å². The van der Waals surface area contributed by atoms with Gasteiger partial charge in [-0.05, 0) is 24.1 Å².